The normalized spacial score (nSPS) is 10.7. The zero-order valence-corrected chi connectivity index (χ0v) is 8.99. The van der Waals surface area contributed by atoms with Crippen LogP contribution in [0.2, 0.25) is 0 Å². The maximum atomic E-state index is 4.94. The molecule has 0 amide bonds. The van der Waals surface area contributed by atoms with Crippen LogP contribution in [0.4, 0.5) is 0 Å². The summed E-state index contributed by atoms with van der Waals surface area (Å²) in [6, 6.07) is 0. The summed E-state index contributed by atoms with van der Waals surface area (Å²) in [4.78, 5) is 0. The van der Waals surface area contributed by atoms with Crippen LogP contribution >= 0.6 is 0 Å². The number of methoxy groups -OCH3 is 1. The van der Waals surface area contributed by atoms with Crippen molar-refractivity contribution in [3.05, 3.63) is 18.0 Å². The number of nitrogens with one attached hydrogen (secondary N) is 1. The maximum Gasteiger partial charge on any atom is 0.0587 e. The Hall–Kier alpha value is -0.870. The van der Waals surface area contributed by atoms with E-state index in [9.17, 15) is 0 Å². The molecule has 0 radical (unpaired) electrons. The van der Waals surface area contributed by atoms with Crippen molar-refractivity contribution in [1.82, 2.24) is 15.1 Å². The Morgan fingerprint density at radius 2 is 2.43 bits per heavy atom. The van der Waals surface area contributed by atoms with Gasteiger partial charge in [0.1, 0.15) is 0 Å². The summed E-state index contributed by atoms with van der Waals surface area (Å²) in [5.74, 6) is 0. The molecule has 1 rings (SSSR count). The van der Waals surface area contributed by atoms with Crippen molar-refractivity contribution < 1.29 is 4.74 Å². The van der Waals surface area contributed by atoms with Crippen molar-refractivity contribution >= 4 is 0 Å². The van der Waals surface area contributed by atoms with E-state index in [2.05, 4.69) is 23.5 Å². The monoisotopic (exact) mass is 197 g/mol. The van der Waals surface area contributed by atoms with Crippen LogP contribution in [0, 0.1) is 0 Å². The van der Waals surface area contributed by atoms with Gasteiger partial charge in [0.15, 0.2) is 0 Å². The average Bonchev–Trinajstić information content (AvgIpc) is 2.61. The van der Waals surface area contributed by atoms with Crippen LogP contribution in [0.3, 0.4) is 0 Å². The highest BCUT2D eigenvalue weighted by atomic mass is 16.5. The predicted octanol–water partition coefficient (Wildman–Crippen LogP) is 1.03. The van der Waals surface area contributed by atoms with E-state index in [0.717, 1.165) is 32.7 Å². The first-order valence-corrected chi connectivity index (χ1v) is 5.07. The summed E-state index contributed by atoms with van der Waals surface area (Å²) in [5, 5.41) is 7.53. The van der Waals surface area contributed by atoms with Gasteiger partial charge in [0, 0.05) is 38.5 Å². The third-order valence-corrected chi connectivity index (χ3v) is 1.95. The molecule has 0 fully saturated rings. The number of ether oxygens (including phenoxy) is 1. The van der Waals surface area contributed by atoms with Gasteiger partial charge in [-0.3, -0.25) is 4.68 Å². The van der Waals surface area contributed by atoms with Crippen LogP contribution in [-0.2, 0) is 17.8 Å². The van der Waals surface area contributed by atoms with Crippen molar-refractivity contribution in [2.45, 2.75) is 26.4 Å². The third kappa shape index (κ3) is 3.89. The van der Waals surface area contributed by atoms with E-state index in [1.165, 1.54) is 5.56 Å². The number of hydrogen-bond acceptors (Lipinski definition) is 3. The molecular formula is C10H19N3O. The van der Waals surface area contributed by atoms with Gasteiger partial charge in [0.05, 0.1) is 12.8 Å². The number of hydrogen-bond donors (Lipinski definition) is 1. The fourth-order valence-electron chi connectivity index (χ4n) is 1.26. The summed E-state index contributed by atoms with van der Waals surface area (Å²) in [6.07, 6.45) is 5.12. The number of aromatic nitrogens is 2. The van der Waals surface area contributed by atoms with Crippen LogP contribution < -0.4 is 5.32 Å². The first-order chi connectivity index (χ1) is 6.86. The van der Waals surface area contributed by atoms with E-state index >= 15 is 0 Å². The first kappa shape index (κ1) is 11.2. The smallest absolute Gasteiger partial charge is 0.0587 e. The Morgan fingerprint density at radius 1 is 1.57 bits per heavy atom. The molecule has 0 spiro atoms. The first-order valence-electron chi connectivity index (χ1n) is 5.07. The molecule has 0 aliphatic heterocycles. The molecule has 0 saturated heterocycles. The van der Waals surface area contributed by atoms with Crippen molar-refractivity contribution in [1.29, 1.82) is 0 Å². The van der Waals surface area contributed by atoms with Gasteiger partial charge in [-0.25, -0.2) is 0 Å². The van der Waals surface area contributed by atoms with E-state index in [-0.39, 0.29) is 0 Å². The lowest BCUT2D eigenvalue weighted by atomic mass is 10.3. The van der Waals surface area contributed by atoms with Gasteiger partial charge in [-0.05, 0) is 6.42 Å². The quantitative estimate of drug-likeness (QED) is 0.664. The zero-order valence-electron chi connectivity index (χ0n) is 8.99. The minimum absolute atomic E-state index is 0.753. The Kier molecular flexibility index (Phi) is 5.25. The van der Waals surface area contributed by atoms with Crippen LogP contribution in [0.1, 0.15) is 18.9 Å². The fraction of sp³-hybridized carbons (Fsp3) is 0.700. The molecular weight excluding hydrogens is 178 g/mol. The van der Waals surface area contributed by atoms with Gasteiger partial charge >= 0.3 is 0 Å². The summed E-state index contributed by atoms with van der Waals surface area (Å²) in [5.41, 5.74) is 1.23. The molecule has 0 saturated carbocycles. The van der Waals surface area contributed by atoms with Crippen LogP contribution in [-0.4, -0.2) is 30.0 Å². The summed E-state index contributed by atoms with van der Waals surface area (Å²) in [6.45, 7) is 5.65. The predicted molar refractivity (Wildman–Crippen MR) is 56.1 cm³/mol. The van der Waals surface area contributed by atoms with E-state index in [0.29, 0.717) is 0 Å². The molecule has 0 aliphatic carbocycles. The van der Waals surface area contributed by atoms with Gasteiger partial charge in [-0.15, -0.1) is 0 Å². The zero-order chi connectivity index (χ0) is 10.2. The lowest BCUT2D eigenvalue weighted by Gasteiger charge is -2.00. The SMILES string of the molecule is CCCn1cc(CNCCOC)cn1. The number of rotatable bonds is 7. The van der Waals surface area contributed by atoms with Gasteiger partial charge < -0.3 is 10.1 Å². The van der Waals surface area contributed by atoms with Crippen molar-refractivity contribution in [2.75, 3.05) is 20.3 Å². The molecule has 0 aromatic carbocycles. The summed E-state index contributed by atoms with van der Waals surface area (Å²) < 4.78 is 6.92. The summed E-state index contributed by atoms with van der Waals surface area (Å²) >= 11 is 0. The van der Waals surface area contributed by atoms with E-state index < -0.39 is 0 Å². The van der Waals surface area contributed by atoms with Gasteiger partial charge in [-0.2, -0.15) is 5.10 Å². The second-order valence-corrected chi connectivity index (χ2v) is 3.28. The molecule has 1 N–H and O–H groups in total. The molecule has 0 aliphatic rings. The highest BCUT2D eigenvalue weighted by Crippen LogP contribution is 1.97. The standard InChI is InChI=1S/C10H19N3O/c1-3-5-13-9-10(8-12-13)7-11-4-6-14-2/h8-9,11H,3-7H2,1-2H3. The topological polar surface area (TPSA) is 39.1 Å². The third-order valence-electron chi connectivity index (χ3n) is 1.95. The van der Waals surface area contributed by atoms with Crippen molar-refractivity contribution in [3.63, 3.8) is 0 Å². The fourth-order valence-corrected chi connectivity index (χ4v) is 1.26. The largest absolute Gasteiger partial charge is 0.383 e. The lowest BCUT2D eigenvalue weighted by Crippen LogP contribution is -2.18. The molecule has 0 bridgehead atoms. The average molecular weight is 197 g/mol. The van der Waals surface area contributed by atoms with E-state index in [1.807, 2.05) is 10.9 Å². The number of nitrogens with zero attached hydrogens (tertiary/aromatic N) is 2. The molecule has 1 aromatic heterocycles. The van der Waals surface area contributed by atoms with Crippen LogP contribution in [0.25, 0.3) is 0 Å². The van der Waals surface area contributed by atoms with Crippen molar-refractivity contribution in [2.24, 2.45) is 0 Å². The highest BCUT2D eigenvalue weighted by molar-refractivity contribution is 5.03. The van der Waals surface area contributed by atoms with Crippen LogP contribution in [0.15, 0.2) is 12.4 Å². The minimum Gasteiger partial charge on any atom is -0.383 e. The molecule has 0 unspecified atom stereocenters. The molecule has 0 atom stereocenters. The lowest BCUT2D eigenvalue weighted by molar-refractivity contribution is 0.199. The van der Waals surface area contributed by atoms with Gasteiger partial charge in [-0.1, -0.05) is 6.92 Å². The van der Waals surface area contributed by atoms with Gasteiger partial charge in [0.25, 0.3) is 0 Å². The second kappa shape index (κ2) is 6.56. The highest BCUT2D eigenvalue weighted by Gasteiger charge is 1.96. The molecule has 14 heavy (non-hydrogen) atoms. The second-order valence-electron chi connectivity index (χ2n) is 3.28. The number of aryl methyl sites for hydroxylation is 1. The molecule has 1 heterocycles. The Labute approximate surface area is 85.3 Å². The molecule has 4 heteroatoms. The Morgan fingerprint density at radius 3 is 3.14 bits per heavy atom. The van der Waals surface area contributed by atoms with Crippen molar-refractivity contribution in [3.8, 4) is 0 Å². The molecule has 4 nitrogen and oxygen atoms in total. The maximum absolute atomic E-state index is 4.94. The van der Waals surface area contributed by atoms with E-state index in [4.69, 9.17) is 4.74 Å². The Bertz CT molecular complexity index is 247. The van der Waals surface area contributed by atoms with E-state index in [1.54, 1.807) is 7.11 Å². The minimum atomic E-state index is 0.753. The summed E-state index contributed by atoms with van der Waals surface area (Å²) in [7, 11) is 1.71. The Balaban J connectivity index is 2.22. The molecule has 80 valence electrons. The molecule has 1 aromatic rings. The van der Waals surface area contributed by atoms with Crippen LogP contribution in [0.5, 0.6) is 0 Å². The van der Waals surface area contributed by atoms with Gasteiger partial charge in [0.2, 0.25) is 0 Å².